The maximum Gasteiger partial charge on any atom is 0.290 e. The molecule has 4 heterocycles. The van der Waals surface area contributed by atoms with Gasteiger partial charge in [0.2, 0.25) is 5.91 Å². The highest BCUT2D eigenvalue weighted by Crippen LogP contribution is 2.44. The van der Waals surface area contributed by atoms with Gasteiger partial charge in [0.25, 0.3) is 12.9 Å². The lowest BCUT2D eigenvalue weighted by Gasteiger charge is -2.30. The third-order valence-corrected chi connectivity index (χ3v) is 5.98. The van der Waals surface area contributed by atoms with E-state index in [0.717, 1.165) is 13.1 Å². The number of halogens is 1. The Bertz CT molecular complexity index is 759. The van der Waals surface area contributed by atoms with E-state index in [2.05, 4.69) is 9.88 Å². The third-order valence-electron chi connectivity index (χ3n) is 5.98. The molecule has 3 fully saturated rings. The number of aliphatic hydroxyl groups is 1. The molecule has 1 aromatic heterocycles. The van der Waals surface area contributed by atoms with Crippen LogP contribution in [0.15, 0.2) is 18.5 Å². The number of hydrogen-bond acceptors (Lipinski definition) is 8. The topological polar surface area (TPSA) is 144 Å². The van der Waals surface area contributed by atoms with Gasteiger partial charge >= 0.3 is 0 Å². The van der Waals surface area contributed by atoms with E-state index in [-0.39, 0.29) is 42.6 Å². The van der Waals surface area contributed by atoms with Crippen molar-refractivity contribution in [3.8, 4) is 0 Å². The molecule has 0 aliphatic carbocycles. The van der Waals surface area contributed by atoms with Gasteiger partial charge in [-0.3, -0.25) is 24.3 Å². The summed E-state index contributed by atoms with van der Waals surface area (Å²) in [5.41, 5.74) is 0.143. The van der Waals surface area contributed by atoms with Crippen molar-refractivity contribution in [2.75, 3.05) is 70.5 Å². The largest absolute Gasteiger partial charge is 0.483 e. The average molecular weight is 456 g/mol. The molecule has 3 aliphatic rings. The number of carboxylic acid groups (broad SMARTS) is 2. The number of ether oxygens (including phenoxy) is 1. The standard InChI is InChI=1S/C18H25FN4O3.2CH2O2/c19-15-7-20-2-1-16(15)22-8-14-9-23(12-18(14,11-22)13-24)17(25)10-21-3-5-26-6-4-21;2*2-1-3/h1-2,7,14,24H,3-6,8-13H2;2*1H,(H,2,3)/t14-,18+;;/m0../s1. The number of carbonyl (C=O) groups is 3. The zero-order chi connectivity index (χ0) is 23.6. The van der Waals surface area contributed by atoms with E-state index in [1.54, 1.807) is 12.3 Å². The number of morpholine rings is 1. The van der Waals surface area contributed by atoms with Crippen molar-refractivity contribution in [3.05, 3.63) is 24.3 Å². The third kappa shape index (κ3) is 6.11. The Morgan fingerprint density at radius 2 is 1.88 bits per heavy atom. The Labute approximate surface area is 185 Å². The number of anilines is 1. The van der Waals surface area contributed by atoms with E-state index >= 15 is 0 Å². The lowest BCUT2D eigenvalue weighted by molar-refractivity contribution is -0.133. The lowest BCUT2D eigenvalue weighted by atomic mass is 9.82. The van der Waals surface area contributed by atoms with Crippen molar-refractivity contribution in [1.29, 1.82) is 0 Å². The molecule has 0 radical (unpaired) electrons. The fraction of sp³-hybridized carbons (Fsp3) is 0.600. The first-order valence-electron chi connectivity index (χ1n) is 10.1. The summed E-state index contributed by atoms with van der Waals surface area (Å²) < 4.78 is 19.4. The summed E-state index contributed by atoms with van der Waals surface area (Å²) in [5, 5.41) is 23.9. The Morgan fingerprint density at radius 3 is 2.44 bits per heavy atom. The van der Waals surface area contributed by atoms with Crippen LogP contribution in [0.2, 0.25) is 0 Å². The molecule has 0 spiro atoms. The Kier molecular flexibility index (Phi) is 9.75. The number of pyridine rings is 1. The number of aromatic nitrogens is 1. The number of aliphatic hydroxyl groups excluding tert-OH is 1. The molecule has 178 valence electrons. The quantitative estimate of drug-likeness (QED) is 0.493. The normalized spacial score (nSPS) is 24.5. The van der Waals surface area contributed by atoms with Gasteiger partial charge in [0.1, 0.15) is 0 Å². The van der Waals surface area contributed by atoms with E-state index < -0.39 is 0 Å². The number of nitrogens with zero attached hydrogens (tertiary/aromatic N) is 4. The number of likely N-dealkylation sites (tertiary alicyclic amines) is 1. The van der Waals surface area contributed by atoms with Crippen LogP contribution < -0.4 is 4.90 Å². The molecular formula is C20H29FN4O7. The zero-order valence-corrected chi connectivity index (χ0v) is 17.7. The van der Waals surface area contributed by atoms with Gasteiger partial charge < -0.3 is 29.9 Å². The van der Waals surface area contributed by atoms with Crippen LogP contribution in [0.3, 0.4) is 0 Å². The van der Waals surface area contributed by atoms with Gasteiger partial charge in [0, 0.05) is 56.8 Å². The molecular weight excluding hydrogens is 427 g/mol. The number of fused-ring (bicyclic) bond motifs is 1. The minimum atomic E-state index is -0.379. The number of carbonyl (C=O) groups excluding carboxylic acids is 1. The fourth-order valence-corrected chi connectivity index (χ4v) is 4.45. The van der Waals surface area contributed by atoms with Gasteiger partial charge in [-0.1, -0.05) is 0 Å². The second kappa shape index (κ2) is 12.3. The Hall–Kier alpha value is -2.83. The van der Waals surface area contributed by atoms with Crippen molar-refractivity contribution in [1.82, 2.24) is 14.8 Å². The highest BCUT2D eigenvalue weighted by Gasteiger charge is 2.53. The highest BCUT2D eigenvalue weighted by molar-refractivity contribution is 5.79. The molecule has 11 nitrogen and oxygen atoms in total. The minimum absolute atomic E-state index is 0.00219. The maximum atomic E-state index is 14.1. The van der Waals surface area contributed by atoms with Crippen molar-refractivity contribution < 1.29 is 38.8 Å². The molecule has 0 bridgehead atoms. The van der Waals surface area contributed by atoms with Crippen molar-refractivity contribution in [2.24, 2.45) is 11.3 Å². The molecule has 3 saturated heterocycles. The zero-order valence-electron chi connectivity index (χ0n) is 17.7. The smallest absolute Gasteiger partial charge is 0.290 e. The monoisotopic (exact) mass is 456 g/mol. The maximum absolute atomic E-state index is 14.1. The van der Waals surface area contributed by atoms with Crippen molar-refractivity contribution >= 4 is 24.5 Å². The minimum Gasteiger partial charge on any atom is -0.483 e. The molecule has 0 unspecified atom stereocenters. The lowest BCUT2D eigenvalue weighted by Crippen LogP contribution is -2.46. The highest BCUT2D eigenvalue weighted by atomic mass is 19.1. The van der Waals surface area contributed by atoms with Crippen molar-refractivity contribution in [2.45, 2.75) is 0 Å². The second-order valence-electron chi connectivity index (χ2n) is 7.80. The molecule has 3 aliphatic heterocycles. The molecule has 0 saturated carbocycles. The van der Waals surface area contributed by atoms with Crippen LogP contribution in [-0.2, 0) is 19.1 Å². The predicted octanol–water partition coefficient (Wildman–Crippen LogP) is -0.788. The van der Waals surface area contributed by atoms with Gasteiger partial charge in [0.15, 0.2) is 5.82 Å². The van der Waals surface area contributed by atoms with E-state index in [9.17, 15) is 14.3 Å². The van der Waals surface area contributed by atoms with Gasteiger partial charge in [-0.15, -0.1) is 0 Å². The molecule has 1 aromatic rings. The molecule has 12 heteroatoms. The van der Waals surface area contributed by atoms with Crippen LogP contribution in [0.1, 0.15) is 0 Å². The fourth-order valence-electron chi connectivity index (χ4n) is 4.45. The Balaban J connectivity index is 0.000000547. The van der Waals surface area contributed by atoms with Crippen LogP contribution in [0, 0.1) is 17.2 Å². The summed E-state index contributed by atoms with van der Waals surface area (Å²) in [7, 11) is 0. The molecule has 1 amide bonds. The summed E-state index contributed by atoms with van der Waals surface area (Å²) in [5.74, 6) is -0.0923. The summed E-state index contributed by atoms with van der Waals surface area (Å²) in [6.45, 7) is 5.15. The molecule has 32 heavy (non-hydrogen) atoms. The van der Waals surface area contributed by atoms with Gasteiger partial charge in [-0.25, -0.2) is 4.39 Å². The van der Waals surface area contributed by atoms with Gasteiger partial charge in [-0.2, -0.15) is 0 Å². The summed E-state index contributed by atoms with van der Waals surface area (Å²) >= 11 is 0. The van der Waals surface area contributed by atoms with Crippen LogP contribution in [0.5, 0.6) is 0 Å². The number of hydrogen-bond donors (Lipinski definition) is 3. The number of rotatable bonds is 4. The van der Waals surface area contributed by atoms with Gasteiger partial charge in [-0.05, 0) is 6.07 Å². The molecule has 3 N–H and O–H groups in total. The van der Waals surface area contributed by atoms with Crippen LogP contribution in [0.25, 0.3) is 0 Å². The average Bonchev–Trinajstić information content (AvgIpc) is 3.31. The molecule has 0 aromatic carbocycles. The van der Waals surface area contributed by atoms with Crippen LogP contribution in [0.4, 0.5) is 10.1 Å². The first kappa shape index (κ1) is 25.4. The predicted molar refractivity (Wildman–Crippen MR) is 111 cm³/mol. The van der Waals surface area contributed by atoms with Crippen LogP contribution >= 0.6 is 0 Å². The first-order chi connectivity index (χ1) is 15.4. The van der Waals surface area contributed by atoms with Crippen LogP contribution in [-0.4, -0.2) is 115 Å². The number of amides is 1. The van der Waals surface area contributed by atoms with Crippen molar-refractivity contribution in [3.63, 3.8) is 0 Å². The summed E-state index contributed by atoms with van der Waals surface area (Å²) in [6.07, 6.45) is 2.80. The molecule has 4 rings (SSSR count). The SMILES string of the molecule is O=C(CN1CCOCC1)N1C[C@@H]2CN(c3ccncc3F)C[C@]2(CO)C1.O=CO.O=CO. The first-order valence-corrected chi connectivity index (χ1v) is 10.1. The van der Waals surface area contributed by atoms with E-state index in [1.165, 1.54) is 6.20 Å². The summed E-state index contributed by atoms with van der Waals surface area (Å²) in [6, 6.07) is 1.67. The van der Waals surface area contributed by atoms with E-state index in [0.29, 0.717) is 51.6 Å². The van der Waals surface area contributed by atoms with E-state index in [4.69, 9.17) is 24.5 Å². The Morgan fingerprint density at radius 1 is 1.22 bits per heavy atom. The molecule has 2 atom stereocenters. The van der Waals surface area contributed by atoms with E-state index in [1.807, 2.05) is 9.80 Å². The summed E-state index contributed by atoms with van der Waals surface area (Å²) in [4.78, 5) is 39.2. The second-order valence-corrected chi connectivity index (χ2v) is 7.80. The van der Waals surface area contributed by atoms with Gasteiger partial charge in [0.05, 0.1) is 38.2 Å².